The average Bonchev–Trinajstić information content (AvgIpc) is 3.31. The molecule has 0 saturated carbocycles. The molecule has 0 saturated heterocycles. The highest BCUT2D eigenvalue weighted by Crippen LogP contribution is 2.39. The van der Waals surface area contributed by atoms with Crippen LogP contribution in [-0.2, 0) is 17.6 Å². The summed E-state index contributed by atoms with van der Waals surface area (Å²) in [7, 11) is 0. The lowest BCUT2D eigenvalue weighted by atomic mass is 9.89. The number of benzene rings is 2. The Bertz CT molecular complexity index is 1010. The van der Waals surface area contributed by atoms with E-state index in [2.05, 4.69) is 11.1 Å². The molecule has 5 heteroatoms. The lowest BCUT2D eigenvalue weighted by Crippen LogP contribution is -2.17. The van der Waals surface area contributed by atoms with Gasteiger partial charge >= 0.3 is 5.97 Å². The first-order chi connectivity index (χ1) is 14.0. The zero-order chi connectivity index (χ0) is 20.4. The topological polar surface area (TPSA) is 72.6 Å². The predicted octanol–water partition coefficient (Wildman–Crippen LogP) is 5.02. The van der Waals surface area contributed by atoms with E-state index < -0.39 is 5.97 Å². The molecule has 0 unspecified atom stereocenters. The quantitative estimate of drug-likeness (QED) is 0.612. The molecule has 1 aliphatic rings. The molecule has 0 radical (unpaired) electrons. The van der Waals surface area contributed by atoms with Gasteiger partial charge in [0.15, 0.2) is 0 Å². The van der Waals surface area contributed by atoms with Crippen molar-refractivity contribution >= 4 is 5.97 Å². The molecule has 4 rings (SSSR count). The van der Waals surface area contributed by atoms with Crippen LogP contribution in [-0.4, -0.2) is 22.7 Å². The third-order valence-electron chi connectivity index (χ3n) is 5.75. The van der Waals surface area contributed by atoms with Gasteiger partial charge in [0.2, 0.25) is 5.89 Å². The maximum absolute atomic E-state index is 11.3. The third-order valence-corrected chi connectivity index (χ3v) is 5.75. The smallest absolute Gasteiger partial charge is 0.306 e. The van der Waals surface area contributed by atoms with Gasteiger partial charge in [-0.05, 0) is 61.1 Å². The molecular formula is C24H25NO4. The Morgan fingerprint density at radius 3 is 2.83 bits per heavy atom. The second-order valence-electron chi connectivity index (χ2n) is 7.62. The van der Waals surface area contributed by atoms with Gasteiger partial charge in [0.25, 0.3) is 0 Å². The van der Waals surface area contributed by atoms with Crippen LogP contribution in [0, 0.1) is 12.8 Å². The second-order valence-corrected chi connectivity index (χ2v) is 7.62. The van der Waals surface area contributed by atoms with E-state index in [4.69, 9.17) is 9.15 Å². The van der Waals surface area contributed by atoms with E-state index in [9.17, 15) is 9.90 Å². The molecule has 2 aromatic carbocycles. The first-order valence-corrected chi connectivity index (χ1v) is 10.0. The van der Waals surface area contributed by atoms with Crippen LogP contribution in [0.25, 0.3) is 11.5 Å². The minimum Gasteiger partial charge on any atom is -0.493 e. The Morgan fingerprint density at radius 2 is 2.07 bits per heavy atom. The van der Waals surface area contributed by atoms with Crippen LogP contribution in [0.15, 0.2) is 52.9 Å². The number of hydrogen-bond acceptors (Lipinski definition) is 4. The van der Waals surface area contributed by atoms with Crippen LogP contribution in [0.4, 0.5) is 0 Å². The molecule has 1 heterocycles. The number of carboxylic acid groups (broad SMARTS) is 1. The minimum atomic E-state index is -0.735. The summed E-state index contributed by atoms with van der Waals surface area (Å²) in [5.41, 5.74) is 4.21. The molecule has 3 aromatic rings. The van der Waals surface area contributed by atoms with Crippen LogP contribution in [0.2, 0.25) is 0 Å². The van der Waals surface area contributed by atoms with Crippen molar-refractivity contribution < 1.29 is 19.1 Å². The third kappa shape index (κ3) is 4.04. The van der Waals surface area contributed by atoms with Gasteiger partial charge in [0.05, 0.1) is 18.2 Å². The van der Waals surface area contributed by atoms with Gasteiger partial charge in [-0.2, -0.15) is 0 Å². The summed E-state index contributed by atoms with van der Waals surface area (Å²) in [4.78, 5) is 15.9. The number of carboxylic acids is 1. The minimum absolute atomic E-state index is 0.0886. The SMILES string of the molecule is Cc1oc(-c2ccccc2)nc1CCOc1ccc2c(c1)CC[C@H]2[C@H](C)C(=O)O. The number of rotatable bonds is 7. The Labute approximate surface area is 170 Å². The lowest BCUT2D eigenvalue weighted by Gasteiger charge is -2.16. The molecule has 2 atom stereocenters. The zero-order valence-electron chi connectivity index (χ0n) is 16.7. The molecule has 1 aromatic heterocycles. The van der Waals surface area contributed by atoms with Crippen molar-refractivity contribution in [3.8, 4) is 17.2 Å². The molecule has 0 bridgehead atoms. The number of carbonyl (C=O) groups is 1. The number of oxazole rings is 1. The van der Waals surface area contributed by atoms with E-state index in [1.54, 1.807) is 6.92 Å². The van der Waals surface area contributed by atoms with E-state index in [-0.39, 0.29) is 11.8 Å². The first kappa shape index (κ1) is 19.2. The van der Waals surface area contributed by atoms with Gasteiger partial charge in [-0.25, -0.2) is 4.98 Å². The molecule has 150 valence electrons. The molecule has 0 aliphatic heterocycles. The van der Waals surface area contributed by atoms with Gasteiger partial charge in [-0.1, -0.05) is 31.2 Å². The van der Waals surface area contributed by atoms with Crippen molar-refractivity contribution in [2.45, 2.75) is 39.0 Å². The number of ether oxygens (including phenoxy) is 1. The largest absolute Gasteiger partial charge is 0.493 e. The summed E-state index contributed by atoms with van der Waals surface area (Å²) in [6.45, 7) is 4.22. The van der Waals surface area contributed by atoms with Gasteiger partial charge in [0.1, 0.15) is 11.5 Å². The molecule has 0 fully saturated rings. The van der Waals surface area contributed by atoms with Crippen molar-refractivity contribution in [3.05, 3.63) is 71.1 Å². The Hall–Kier alpha value is -3.08. The molecule has 29 heavy (non-hydrogen) atoms. The number of fused-ring (bicyclic) bond motifs is 1. The summed E-state index contributed by atoms with van der Waals surface area (Å²) in [5.74, 6) is 1.25. The molecule has 1 N–H and O–H groups in total. The van der Waals surface area contributed by atoms with Crippen LogP contribution in [0.3, 0.4) is 0 Å². The van der Waals surface area contributed by atoms with Crippen LogP contribution < -0.4 is 4.74 Å². The van der Waals surface area contributed by atoms with Gasteiger partial charge in [0, 0.05) is 12.0 Å². The number of aryl methyl sites for hydroxylation is 2. The van der Waals surface area contributed by atoms with E-state index in [1.807, 2.05) is 49.4 Å². The Kier molecular flexibility index (Phi) is 5.38. The van der Waals surface area contributed by atoms with E-state index >= 15 is 0 Å². The molecule has 1 aliphatic carbocycles. The fourth-order valence-electron chi connectivity index (χ4n) is 4.04. The maximum atomic E-state index is 11.3. The fraction of sp³-hybridized carbons (Fsp3) is 0.333. The van der Waals surface area contributed by atoms with Crippen molar-refractivity contribution in [2.75, 3.05) is 6.61 Å². The van der Waals surface area contributed by atoms with Crippen LogP contribution in [0.1, 0.15) is 41.8 Å². The maximum Gasteiger partial charge on any atom is 0.306 e. The summed E-state index contributed by atoms with van der Waals surface area (Å²) < 4.78 is 11.8. The predicted molar refractivity (Wildman–Crippen MR) is 110 cm³/mol. The fourth-order valence-corrected chi connectivity index (χ4v) is 4.04. The Morgan fingerprint density at radius 1 is 1.28 bits per heavy atom. The normalized spacial score (nSPS) is 16.4. The highest BCUT2D eigenvalue weighted by molar-refractivity contribution is 5.71. The van der Waals surface area contributed by atoms with Crippen LogP contribution in [0.5, 0.6) is 5.75 Å². The van der Waals surface area contributed by atoms with Crippen molar-refractivity contribution in [1.82, 2.24) is 4.98 Å². The lowest BCUT2D eigenvalue weighted by molar-refractivity contribution is -0.141. The average molecular weight is 391 g/mol. The number of aromatic nitrogens is 1. The van der Waals surface area contributed by atoms with E-state index in [0.717, 1.165) is 41.2 Å². The van der Waals surface area contributed by atoms with Crippen LogP contribution >= 0.6 is 0 Å². The second kappa shape index (κ2) is 8.11. The highest BCUT2D eigenvalue weighted by atomic mass is 16.5. The standard InChI is InChI=1S/C24H25NO4/c1-15(24(26)27)20-10-8-18-14-19(9-11-21(18)20)28-13-12-22-16(2)29-23(25-22)17-6-4-3-5-7-17/h3-7,9,11,14-15,20H,8,10,12-13H2,1-2H3,(H,26,27)/t15-,20-/m0/s1. The number of aliphatic carboxylic acids is 1. The van der Waals surface area contributed by atoms with Gasteiger partial charge in [-0.3, -0.25) is 4.79 Å². The molecule has 0 amide bonds. The van der Waals surface area contributed by atoms with E-state index in [1.165, 1.54) is 5.56 Å². The van der Waals surface area contributed by atoms with E-state index in [0.29, 0.717) is 18.9 Å². The highest BCUT2D eigenvalue weighted by Gasteiger charge is 2.31. The molecular weight excluding hydrogens is 366 g/mol. The van der Waals surface area contributed by atoms with Gasteiger partial charge < -0.3 is 14.3 Å². The molecule has 5 nitrogen and oxygen atoms in total. The zero-order valence-corrected chi connectivity index (χ0v) is 16.7. The van der Waals surface area contributed by atoms with Crippen molar-refractivity contribution in [1.29, 1.82) is 0 Å². The van der Waals surface area contributed by atoms with Crippen molar-refractivity contribution in [2.24, 2.45) is 5.92 Å². The molecule has 0 spiro atoms. The summed E-state index contributed by atoms with van der Waals surface area (Å²) >= 11 is 0. The summed E-state index contributed by atoms with van der Waals surface area (Å²) in [6.07, 6.45) is 2.45. The Balaban J connectivity index is 1.39. The number of hydrogen-bond donors (Lipinski definition) is 1. The van der Waals surface area contributed by atoms with Gasteiger partial charge in [-0.15, -0.1) is 0 Å². The number of nitrogens with zero attached hydrogens (tertiary/aromatic N) is 1. The summed E-state index contributed by atoms with van der Waals surface area (Å²) in [5, 5.41) is 9.31. The van der Waals surface area contributed by atoms with Crippen molar-refractivity contribution in [3.63, 3.8) is 0 Å². The first-order valence-electron chi connectivity index (χ1n) is 10.0. The summed E-state index contributed by atoms with van der Waals surface area (Å²) in [6, 6.07) is 15.9. The monoisotopic (exact) mass is 391 g/mol.